The maximum absolute atomic E-state index is 13.8. The summed E-state index contributed by atoms with van der Waals surface area (Å²) in [5.74, 6) is 0.0882. The van der Waals surface area contributed by atoms with E-state index in [1.165, 1.54) is 29.5 Å². The van der Waals surface area contributed by atoms with Gasteiger partial charge in [-0.2, -0.15) is 0 Å². The van der Waals surface area contributed by atoms with Gasteiger partial charge in [-0.3, -0.25) is 14.5 Å². The molecule has 0 bridgehead atoms. The molecule has 2 heterocycles. The zero-order chi connectivity index (χ0) is 31.0. The van der Waals surface area contributed by atoms with Gasteiger partial charge in [-0.25, -0.2) is 0 Å². The summed E-state index contributed by atoms with van der Waals surface area (Å²) in [4.78, 5) is 34.6. The second-order valence-electron chi connectivity index (χ2n) is 12.7. The smallest absolute Gasteiger partial charge is 0.260 e. The molecule has 3 aliphatic rings. The third kappa shape index (κ3) is 8.26. The fraction of sp³-hybridized carbons (Fsp3) is 0.421. The molecule has 2 saturated heterocycles. The maximum Gasteiger partial charge on any atom is 0.260 e. The highest BCUT2D eigenvalue weighted by molar-refractivity contribution is 8.04. The summed E-state index contributed by atoms with van der Waals surface area (Å²) in [6, 6.07) is 27.0. The molecule has 0 spiro atoms. The van der Waals surface area contributed by atoms with Crippen molar-refractivity contribution in [3.05, 3.63) is 112 Å². The fourth-order valence-corrected chi connectivity index (χ4v) is 8.31. The molecular weight excluding hydrogens is 577 g/mol. The number of nitrogens with zero attached hydrogens (tertiary/aromatic N) is 3. The zero-order valence-corrected chi connectivity index (χ0v) is 27.3. The molecular formula is C38H46N4O2S. The molecule has 3 aromatic carbocycles. The van der Waals surface area contributed by atoms with Gasteiger partial charge in [0.15, 0.2) is 0 Å². The normalized spacial score (nSPS) is 21.9. The van der Waals surface area contributed by atoms with Crippen LogP contribution in [0.5, 0.6) is 0 Å². The third-order valence-electron chi connectivity index (χ3n) is 9.54. The molecule has 1 aliphatic carbocycles. The van der Waals surface area contributed by atoms with E-state index in [1.807, 2.05) is 30.3 Å². The summed E-state index contributed by atoms with van der Waals surface area (Å²) in [6.45, 7) is 9.78. The van der Waals surface area contributed by atoms with Crippen molar-refractivity contribution >= 4 is 29.7 Å². The van der Waals surface area contributed by atoms with Gasteiger partial charge in [-0.15, -0.1) is 11.8 Å². The minimum absolute atomic E-state index is 0.0422. The molecule has 0 radical (unpaired) electrons. The second kappa shape index (κ2) is 15.3. The Bertz CT molecular complexity index is 1470. The first-order valence-corrected chi connectivity index (χ1v) is 17.5. The molecule has 3 fully saturated rings. The van der Waals surface area contributed by atoms with Crippen molar-refractivity contribution in [1.29, 1.82) is 0 Å². The molecule has 45 heavy (non-hydrogen) atoms. The van der Waals surface area contributed by atoms with E-state index >= 15 is 0 Å². The quantitative estimate of drug-likeness (QED) is 0.211. The number of amides is 2. The lowest BCUT2D eigenvalue weighted by molar-refractivity contribution is -0.130. The third-order valence-corrected chi connectivity index (χ3v) is 10.9. The number of carbonyl (C=O) groups excluding carboxylic acids is 2. The SMILES string of the molecule is Cc1ccccc1CN1C(=O)/C(=C\c2ccc(C(=O)NCCCN3CCN(Cc4ccccc4)CC3)cc2)SC2CCCCC21. The van der Waals surface area contributed by atoms with Gasteiger partial charge in [0.05, 0.1) is 4.91 Å². The molecule has 3 aromatic rings. The van der Waals surface area contributed by atoms with Gasteiger partial charge in [0.25, 0.3) is 11.8 Å². The summed E-state index contributed by atoms with van der Waals surface area (Å²) in [5, 5.41) is 3.54. The molecule has 6 nitrogen and oxygen atoms in total. The highest BCUT2D eigenvalue weighted by Crippen LogP contribution is 2.42. The number of carbonyl (C=O) groups is 2. The molecule has 7 heteroatoms. The van der Waals surface area contributed by atoms with Crippen LogP contribution in [0.2, 0.25) is 0 Å². The Hall–Kier alpha value is -3.39. The van der Waals surface area contributed by atoms with Crippen LogP contribution < -0.4 is 5.32 Å². The van der Waals surface area contributed by atoms with Crippen LogP contribution in [0.15, 0.2) is 83.8 Å². The van der Waals surface area contributed by atoms with Crippen molar-refractivity contribution in [2.75, 3.05) is 39.3 Å². The van der Waals surface area contributed by atoms with Gasteiger partial charge in [-0.05, 0) is 73.2 Å². The summed E-state index contributed by atoms with van der Waals surface area (Å²) in [6.07, 6.45) is 7.60. The average molecular weight is 623 g/mol. The molecule has 2 unspecified atom stereocenters. The summed E-state index contributed by atoms with van der Waals surface area (Å²) in [5.41, 5.74) is 5.44. The number of hydrogen-bond acceptors (Lipinski definition) is 5. The van der Waals surface area contributed by atoms with Gasteiger partial charge in [0.2, 0.25) is 0 Å². The molecule has 1 N–H and O–H groups in total. The van der Waals surface area contributed by atoms with E-state index in [4.69, 9.17) is 0 Å². The Labute approximate surface area is 272 Å². The van der Waals surface area contributed by atoms with Gasteiger partial charge in [0, 0.05) is 62.7 Å². The van der Waals surface area contributed by atoms with Crippen LogP contribution in [0.3, 0.4) is 0 Å². The first-order chi connectivity index (χ1) is 22.0. The standard InChI is InChI=1S/C38H46N4O2S/c1-29-10-5-6-13-33(29)28-42-34-14-7-8-15-35(34)45-36(38(42)44)26-30-16-18-32(19-17-30)37(43)39-20-9-21-40-22-24-41(25-23-40)27-31-11-3-2-4-12-31/h2-6,10-13,16-19,26,34-35H,7-9,14-15,20-25,27-28H2,1H3,(H,39,43)/b36-26+. The van der Waals surface area contributed by atoms with Crippen LogP contribution in [-0.2, 0) is 17.9 Å². The fourth-order valence-electron chi connectivity index (χ4n) is 6.83. The monoisotopic (exact) mass is 622 g/mol. The second-order valence-corrected chi connectivity index (χ2v) is 14.0. The van der Waals surface area contributed by atoms with E-state index in [2.05, 4.69) is 81.5 Å². The molecule has 0 aromatic heterocycles. The van der Waals surface area contributed by atoms with Crippen molar-refractivity contribution in [1.82, 2.24) is 20.0 Å². The molecule has 6 rings (SSSR count). The van der Waals surface area contributed by atoms with Crippen molar-refractivity contribution in [3.63, 3.8) is 0 Å². The lowest BCUT2D eigenvalue weighted by atomic mass is 9.92. The van der Waals surface area contributed by atoms with E-state index in [0.29, 0.717) is 29.9 Å². The predicted octanol–water partition coefficient (Wildman–Crippen LogP) is 6.36. The number of nitrogens with one attached hydrogen (secondary N) is 1. The lowest BCUT2D eigenvalue weighted by Crippen LogP contribution is -2.50. The van der Waals surface area contributed by atoms with E-state index in [-0.39, 0.29) is 11.8 Å². The van der Waals surface area contributed by atoms with Crippen LogP contribution in [0.4, 0.5) is 0 Å². The van der Waals surface area contributed by atoms with Gasteiger partial charge in [-0.1, -0.05) is 79.6 Å². The number of piperazine rings is 1. The van der Waals surface area contributed by atoms with Gasteiger partial charge < -0.3 is 15.1 Å². The Kier molecular flexibility index (Phi) is 10.7. The van der Waals surface area contributed by atoms with E-state index in [9.17, 15) is 9.59 Å². The molecule has 2 amide bonds. The molecule has 236 valence electrons. The molecule has 1 saturated carbocycles. The first kappa shape index (κ1) is 31.6. The average Bonchev–Trinajstić information content (AvgIpc) is 3.07. The molecule has 2 atom stereocenters. The Morgan fingerprint density at radius 1 is 0.867 bits per heavy atom. The first-order valence-electron chi connectivity index (χ1n) is 16.6. The zero-order valence-electron chi connectivity index (χ0n) is 26.5. The van der Waals surface area contributed by atoms with E-state index < -0.39 is 0 Å². The van der Waals surface area contributed by atoms with Crippen molar-refractivity contribution in [3.8, 4) is 0 Å². The minimum atomic E-state index is -0.0422. The van der Waals surface area contributed by atoms with Gasteiger partial charge >= 0.3 is 0 Å². The minimum Gasteiger partial charge on any atom is -0.352 e. The van der Waals surface area contributed by atoms with Crippen LogP contribution in [0.25, 0.3) is 6.08 Å². The van der Waals surface area contributed by atoms with E-state index in [0.717, 1.165) is 69.0 Å². The Balaban J connectivity index is 0.983. The van der Waals surface area contributed by atoms with Crippen LogP contribution >= 0.6 is 11.8 Å². The Morgan fingerprint density at radius 3 is 2.36 bits per heavy atom. The summed E-state index contributed by atoms with van der Waals surface area (Å²) >= 11 is 1.76. The number of fused-ring (bicyclic) bond motifs is 1. The van der Waals surface area contributed by atoms with Crippen LogP contribution in [0.1, 0.15) is 64.7 Å². The van der Waals surface area contributed by atoms with Crippen LogP contribution in [-0.4, -0.2) is 77.1 Å². The topological polar surface area (TPSA) is 55.9 Å². The molecule has 2 aliphatic heterocycles. The van der Waals surface area contributed by atoms with Crippen LogP contribution in [0, 0.1) is 6.92 Å². The highest BCUT2D eigenvalue weighted by atomic mass is 32.2. The summed E-state index contributed by atoms with van der Waals surface area (Å²) in [7, 11) is 0. The van der Waals surface area contributed by atoms with E-state index in [1.54, 1.807) is 11.8 Å². The van der Waals surface area contributed by atoms with Crippen molar-refractivity contribution in [2.24, 2.45) is 0 Å². The number of aryl methyl sites for hydroxylation is 1. The lowest BCUT2D eigenvalue weighted by Gasteiger charge is -2.44. The Morgan fingerprint density at radius 2 is 1.58 bits per heavy atom. The highest BCUT2D eigenvalue weighted by Gasteiger charge is 2.40. The number of thioether (sulfide) groups is 1. The summed E-state index contributed by atoms with van der Waals surface area (Å²) < 4.78 is 0. The predicted molar refractivity (Wildman–Crippen MR) is 185 cm³/mol. The maximum atomic E-state index is 13.8. The largest absolute Gasteiger partial charge is 0.352 e. The number of benzene rings is 3. The van der Waals surface area contributed by atoms with Crippen molar-refractivity contribution in [2.45, 2.75) is 63.4 Å². The van der Waals surface area contributed by atoms with Crippen molar-refractivity contribution < 1.29 is 9.59 Å². The van der Waals surface area contributed by atoms with Gasteiger partial charge in [0.1, 0.15) is 0 Å². The number of rotatable bonds is 10. The number of hydrogen-bond donors (Lipinski definition) is 1.